The Morgan fingerprint density at radius 2 is 1.85 bits per heavy atom. The lowest BCUT2D eigenvalue weighted by atomic mass is 10.2. The molecule has 1 N–H and O–H groups in total. The van der Waals surface area contributed by atoms with Crippen LogP contribution >= 0.6 is 11.6 Å². The molecule has 1 aliphatic rings. The predicted octanol–water partition coefficient (Wildman–Crippen LogP) is 3.50. The largest absolute Gasteiger partial charge is 0.360 e. The topological polar surface area (TPSA) is 59.4 Å². The van der Waals surface area contributed by atoms with E-state index in [0.717, 1.165) is 25.3 Å². The Hall–Kier alpha value is -2.81. The van der Waals surface area contributed by atoms with Gasteiger partial charge in [0.05, 0.1) is 0 Å². The molecule has 1 fully saturated rings. The van der Waals surface area contributed by atoms with Gasteiger partial charge in [-0.25, -0.2) is 0 Å². The van der Waals surface area contributed by atoms with Crippen LogP contribution in [0.5, 0.6) is 0 Å². The van der Waals surface area contributed by atoms with Crippen molar-refractivity contribution in [3.8, 4) is 6.07 Å². The van der Waals surface area contributed by atoms with Crippen molar-refractivity contribution >= 4 is 23.2 Å². The first-order valence-corrected chi connectivity index (χ1v) is 9.21. The number of nitrogens with zero attached hydrogens (tertiary/aromatic N) is 3. The Morgan fingerprint density at radius 1 is 1.11 bits per heavy atom. The minimum Gasteiger partial charge on any atom is -0.360 e. The van der Waals surface area contributed by atoms with Gasteiger partial charge in [0.2, 0.25) is 0 Å². The van der Waals surface area contributed by atoms with Gasteiger partial charge in [-0.05, 0) is 23.8 Å². The number of amides is 1. The van der Waals surface area contributed by atoms with Gasteiger partial charge < -0.3 is 10.2 Å². The van der Waals surface area contributed by atoms with Gasteiger partial charge in [0.25, 0.3) is 5.91 Å². The standard InChI is InChI=1S/C21H21ClN4O/c22-19-7-4-8-20(13-19)24-15-18(14-23)21(27)26-11-9-25(10-12-26)16-17-5-2-1-3-6-17/h1-8,13,15,24H,9-12,16H2/b18-15-. The highest BCUT2D eigenvalue weighted by atomic mass is 35.5. The summed E-state index contributed by atoms with van der Waals surface area (Å²) in [6.45, 7) is 3.69. The van der Waals surface area contributed by atoms with Crippen molar-refractivity contribution in [3.05, 3.63) is 77.0 Å². The van der Waals surface area contributed by atoms with Crippen molar-refractivity contribution in [2.24, 2.45) is 0 Å². The second-order valence-electron chi connectivity index (χ2n) is 6.38. The van der Waals surface area contributed by atoms with Gasteiger partial charge in [-0.3, -0.25) is 9.69 Å². The summed E-state index contributed by atoms with van der Waals surface area (Å²) in [5, 5.41) is 12.9. The molecule has 27 heavy (non-hydrogen) atoms. The Labute approximate surface area is 164 Å². The van der Waals surface area contributed by atoms with Crippen LogP contribution in [0.4, 0.5) is 5.69 Å². The van der Waals surface area contributed by atoms with Gasteiger partial charge in [0.15, 0.2) is 0 Å². The van der Waals surface area contributed by atoms with Crippen LogP contribution in [-0.4, -0.2) is 41.9 Å². The predicted molar refractivity (Wildman–Crippen MR) is 107 cm³/mol. The highest BCUT2D eigenvalue weighted by Gasteiger charge is 2.23. The molecule has 138 valence electrons. The molecule has 5 nitrogen and oxygen atoms in total. The van der Waals surface area contributed by atoms with Crippen LogP contribution in [0, 0.1) is 11.3 Å². The molecular weight excluding hydrogens is 360 g/mol. The maximum Gasteiger partial charge on any atom is 0.266 e. The van der Waals surface area contributed by atoms with Crippen LogP contribution in [0.15, 0.2) is 66.4 Å². The fraction of sp³-hybridized carbons (Fsp3) is 0.238. The van der Waals surface area contributed by atoms with Gasteiger partial charge in [-0.2, -0.15) is 5.26 Å². The molecule has 3 rings (SSSR count). The molecule has 2 aromatic rings. The zero-order valence-corrected chi connectivity index (χ0v) is 15.7. The highest BCUT2D eigenvalue weighted by molar-refractivity contribution is 6.30. The van der Waals surface area contributed by atoms with E-state index in [1.165, 1.54) is 11.8 Å². The molecule has 0 unspecified atom stereocenters. The van der Waals surface area contributed by atoms with Gasteiger partial charge in [-0.1, -0.05) is 48.0 Å². The number of rotatable bonds is 5. The van der Waals surface area contributed by atoms with E-state index in [2.05, 4.69) is 22.3 Å². The summed E-state index contributed by atoms with van der Waals surface area (Å²) < 4.78 is 0. The summed E-state index contributed by atoms with van der Waals surface area (Å²) >= 11 is 5.94. The minimum absolute atomic E-state index is 0.0893. The van der Waals surface area contributed by atoms with E-state index in [-0.39, 0.29) is 11.5 Å². The molecule has 1 heterocycles. The van der Waals surface area contributed by atoms with Crippen LogP contribution in [-0.2, 0) is 11.3 Å². The van der Waals surface area contributed by atoms with E-state index in [1.54, 1.807) is 23.1 Å². The van der Waals surface area contributed by atoms with Gasteiger partial charge >= 0.3 is 0 Å². The molecule has 0 aromatic heterocycles. The fourth-order valence-electron chi connectivity index (χ4n) is 3.00. The third-order valence-corrected chi connectivity index (χ3v) is 4.70. The molecule has 0 radical (unpaired) electrons. The van der Waals surface area contributed by atoms with E-state index in [1.807, 2.05) is 30.3 Å². The lowest BCUT2D eigenvalue weighted by molar-refractivity contribution is -0.128. The number of halogens is 1. The number of benzene rings is 2. The number of carbonyl (C=O) groups is 1. The summed E-state index contributed by atoms with van der Waals surface area (Å²) in [6, 6.07) is 19.4. The first-order chi connectivity index (χ1) is 13.2. The van der Waals surface area contributed by atoms with Crippen molar-refractivity contribution in [3.63, 3.8) is 0 Å². The number of nitriles is 1. The normalized spacial score (nSPS) is 15.3. The summed E-state index contributed by atoms with van der Waals surface area (Å²) in [5.74, 6) is -0.244. The van der Waals surface area contributed by atoms with Crippen LogP contribution in [0.25, 0.3) is 0 Å². The SMILES string of the molecule is N#C/C(=C/Nc1cccc(Cl)c1)C(=O)N1CCN(Cc2ccccc2)CC1. The molecule has 1 amide bonds. The molecule has 6 heteroatoms. The third-order valence-electron chi connectivity index (χ3n) is 4.47. The van der Waals surface area contributed by atoms with Gasteiger partial charge in [0.1, 0.15) is 11.6 Å². The van der Waals surface area contributed by atoms with Gasteiger partial charge in [0, 0.05) is 49.6 Å². The van der Waals surface area contributed by atoms with Crippen molar-refractivity contribution in [1.29, 1.82) is 5.26 Å². The van der Waals surface area contributed by atoms with E-state index in [4.69, 9.17) is 11.6 Å². The van der Waals surface area contributed by atoms with E-state index >= 15 is 0 Å². The lowest BCUT2D eigenvalue weighted by Crippen LogP contribution is -2.48. The van der Waals surface area contributed by atoms with E-state index in [0.29, 0.717) is 18.1 Å². The lowest BCUT2D eigenvalue weighted by Gasteiger charge is -2.34. The van der Waals surface area contributed by atoms with Gasteiger partial charge in [-0.15, -0.1) is 0 Å². The Kier molecular flexibility index (Phi) is 6.48. The van der Waals surface area contributed by atoms with Crippen LogP contribution in [0.1, 0.15) is 5.56 Å². The van der Waals surface area contributed by atoms with Crippen molar-refractivity contribution in [2.45, 2.75) is 6.54 Å². The molecule has 0 saturated carbocycles. The third kappa shape index (κ3) is 5.33. The Bertz CT molecular complexity index is 852. The number of anilines is 1. The van der Waals surface area contributed by atoms with Crippen molar-refractivity contribution in [2.75, 3.05) is 31.5 Å². The molecule has 0 atom stereocenters. The highest BCUT2D eigenvalue weighted by Crippen LogP contribution is 2.16. The maximum atomic E-state index is 12.6. The molecule has 0 spiro atoms. The molecule has 0 bridgehead atoms. The summed E-state index contributed by atoms with van der Waals surface area (Å²) in [4.78, 5) is 16.7. The average molecular weight is 381 g/mol. The van der Waals surface area contributed by atoms with Crippen LogP contribution < -0.4 is 5.32 Å². The quantitative estimate of drug-likeness (QED) is 0.637. The molecular formula is C21H21ClN4O. The number of piperazine rings is 1. The fourth-order valence-corrected chi connectivity index (χ4v) is 3.19. The molecule has 1 aliphatic heterocycles. The number of nitrogens with one attached hydrogen (secondary N) is 1. The second-order valence-corrected chi connectivity index (χ2v) is 6.81. The van der Waals surface area contributed by atoms with Crippen LogP contribution in [0.2, 0.25) is 5.02 Å². The first kappa shape index (κ1) is 19.0. The maximum absolute atomic E-state index is 12.6. The summed E-state index contributed by atoms with van der Waals surface area (Å²) in [6.07, 6.45) is 1.45. The number of hydrogen-bond donors (Lipinski definition) is 1. The number of carbonyl (C=O) groups excluding carboxylic acids is 1. The zero-order valence-electron chi connectivity index (χ0n) is 14.9. The summed E-state index contributed by atoms with van der Waals surface area (Å²) in [7, 11) is 0. The second kappa shape index (κ2) is 9.22. The molecule has 0 aliphatic carbocycles. The zero-order chi connectivity index (χ0) is 19.1. The number of hydrogen-bond acceptors (Lipinski definition) is 4. The van der Waals surface area contributed by atoms with Crippen molar-refractivity contribution in [1.82, 2.24) is 9.80 Å². The minimum atomic E-state index is -0.244. The summed E-state index contributed by atoms with van der Waals surface area (Å²) in [5.41, 5.74) is 2.09. The van der Waals surface area contributed by atoms with E-state index < -0.39 is 0 Å². The monoisotopic (exact) mass is 380 g/mol. The molecule has 1 saturated heterocycles. The van der Waals surface area contributed by atoms with E-state index in [9.17, 15) is 10.1 Å². The Morgan fingerprint density at radius 3 is 2.52 bits per heavy atom. The Balaban J connectivity index is 1.55. The first-order valence-electron chi connectivity index (χ1n) is 8.83. The van der Waals surface area contributed by atoms with Crippen LogP contribution in [0.3, 0.4) is 0 Å². The smallest absolute Gasteiger partial charge is 0.266 e. The van der Waals surface area contributed by atoms with Crippen molar-refractivity contribution < 1.29 is 4.79 Å². The average Bonchev–Trinajstić information content (AvgIpc) is 2.70. The molecule has 2 aromatic carbocycles.